The molecular weight excluding hydrogens is 389 g/mol. The fourth-order valence-corrected chi connectivity index (χ4v) is 3.54. The summed E-state index contributed by atoms with van der Waals surface area (Å²) in [7, 11) is -0.0214. The molecule has 28 heavy (non-hydrogen) atoms. The second-order valence-electron chi connectivity index (χ2n) is 5.63. The van der Waals surface area contributed by atoms with Crippen molar-refractivity contribution in [1.82, 2.24) is 9.73 Å². The maximum Gasteiger partial charge on any atom is 0.255 e. The number of halogens is 1. The van der Waals surface area contributed by atoms with Gasteiger partial charge in [-0.2, -0.15) is 9.41 Å². The summed E-state index contributed by atoms with van der Waals surface area (Å²) in [4.78, 5) is 11.9. The first kappa shape index (κ1) is 21.3. The first-order valence-corrected chi connectivity index (χ1v) is 9.47. The molecule has 0 aliphatic carbocycles. The van der Waals surface area contributed by atoms with Gasteiger partial charge in [0, 0.05) is 13.1 Å². The summed E-state index contributed by atoms with van der Waals surface area (Å²) in [6, 6.07) is 9.95. The van der Waals surface area contributed by atoms with Gasteiger partial charge in [-0.05, 0) is 29.8 Å². The number of carbonyl (C=O) groups excluding carboxylic acids is 1. The first-order chi connectivity index (χ1) is 13.3. The highest BCUT2D eigenvalue weighted by atomic mass is 32.2. The molecule has 0 saturated heterocycles. The Morgan fingerprint density at radius 3 is 2.61 bits per heavy atom. The SMILES string of the molecule is COc1ccc(OC)c(S(=O)(=O)N(C)CC(=O)N/N=C\c2cccc(F)c2)c1. The number of rotatable bonds is 8. The highest BCUT2D eigenvalue weighted by Crippen LogP contribution is 2.30. The molecule has 150 valence electrons. The van der Waals surface area contributed by atoms with E-state index in [1.165, 1.54) is 57.8 Å². The maximum absolute atomic E-state index is 13.1. The molecule has 8 nitrogen and oxygen atoms in total. The number of ether oxygens (including phenoxy) is 2. The Morgan fingerprint density at radius 1 is 1.21 bits per heavy atom. The van der Waals surface area contributed by atoms with Crippen molar-refractivity contribution in [2.24, 2.45) is 5.10 Å². The van der Waals surface area contributed by atoms with Crippen LogP contribution in [0.5, 0.6) is 11.5 Å². The Labute approximate surface area is 162 Å². The lowest BCUT2D eigenvalue weighted by atomic mass is 10.2. The highest BCUT2D eigenvalue weighted by Gasteiger charge is 2.27. The van der Waals surface area contributed by atoms with Crippen molar-refractivity contribution < 1.29 is 27.1 Å². The van der Waals surface area contributed by atoms with Crippen LogP contribution in [0.3, 0.4) is 0 Å². The van der Waals surface area contributed by atoms with Crippen molar-refractivity contribution in [3.05, 3.63) is 53.8 Å². The summed E-state index contributed by atoms with van der Waals surface area (Å²) in [6.07, 6.45) is 1.25. The van der Waals surface area contributed by atoms with Gasteiger partial charge in [0.2, 0.25) is 10.0 Å². The van der Waals surface area contributed by atoms with E-state index >= 15 is 0 Å². The molecule has 10 heteroatoms. The third kappa shape index (κ3) is 5.27. The van der Waals surface area contributed by atoms with Gasteiger partial charge in [-0.25, -0.2) is 18.2 Å². The third-order valence-electron chi connectivity index (χ3n) is 3.68. The minimum absolute atomic E-state index is 0.122. The summed E-state index contributed by atoms with van der Waals surface area (Å²) < 4.78 is 49.7. The standard InChI is InChI=1S/C18H20FN3O5S/c1-22(12-18(23)21-20-11-13-5-4-6-14(19)9-13)28(24,25)17-10-15(26-2)7-8-16(17)27-3/h4-11H,12H2,1-3H3,(H,21,23)/b20-11-. The minimum atomic E-state index is -4.03. The van der Waals surface area contributed by atoms with Crippen LogP contribution in [0.4, 0.5) is 4.39 Å². The summed E-state index contributed by atoms with van der Waals surface area (Å²) in [5.41, 5.74) is 2.65. The number of nitrogens with zero attached hydrogens (tertiary/aromatic N) is 2. The maximum atomic E-state index is 13.1. The molecule has 0 unspecified atom stereocenters. The molecule has 0 aromatic heterocycles. The van der Waals surface area contributed by atoms with Crippen LogP contribution in [0.1, 0.15) is 5.56 Å². The first-order valence-electron chi connectivity index (χ1n) is 8.03. The Hall–Kier alpha value is -2.98. The average Bonchev–Trinajstić information content (AvgIpc) is 2.67. The number of benzene rings is 2. The minimum Gasteiger partial charge on any atom is -0.497 e. The van der Waals surface area contributed by atoms with Gasteiger partial charge < -0.3 is 9.47 Å². The van der Waals surface area contributed by atoms with Crippen molar-refractivity contribution in [2.75, 3.05) is 27.8 Å². The topological polar surface area (TPSA) is 97.3 Å². The fraction of sp³-hybridized carbons (Fsp3) is 0.222. The largest absolute Gasteiger partial charge is 0.497 e. The zero-order valence-electron chi connectivity index (χ0n) is 15.5. The van der Waals surface area contributed by atoms with E-state index in [0.717, 1.165) is 4.31 Å². The van der Waals surface area contributed by atoms with E-state index in [0.29, 0.717) is 11.3 Å². The number of methoxy groups -OCH3 is 2. The Balaban J connectivity index is 2.08. The number of hydrazone groups is 1. The summed E-state index contributed by atoms with van der Waals surface area (Å²) in [6.45, 7) is -0.483. The monoisotopic (exact) mass is 409 g/mol. The lowest BCUT2D eigenvalue weighted by Crippen LogP contribution is -2.36. The predicted molar refractivity (Wildman–Crippen MR) is 101 cm³/mol. The van der Waals surface area contributed by atoms with Crippen molar-refractivity contribution in [1.29, 1.82) is 0 Å². The lowest BCUT2D eigenvalue weighted by Gasteiger charge is -2.18. The van der Waals surface area contributed by atoms with E-state index in [4.69, 9.17) is 9.47 Å². The van der Waals surface area contributed by atoms with Crippen LogP contribution in [0.25, 0.3) is 0 Å². The third-order valence-corrected chi connectivity index (χ3v) is 5.50. The molecule has 0 heterocycles. The lowest BCUT2D eigenvalue weighted by molar-refractivity contribution is -0.121. The number of carbonyl (C=O) groups is 1. The molecule has 2 rings (SSSR count). The quantitative estimate of drug-likeness (QED) is 0.528. The molecule has 1 amide bonds. The van der Waals surface area contributed by atoms with E-state index in [-0.39, 0.29) is 10.6 Å². The molecule has 0 aliphatic heterocycles. The van der Waals surface area contributed by atoms with Crippen LogP contribution in [0.2, 0.25) is 0 Å². The van der Waals surface area contributed by atoms with Crippen LogP contribution in [-0.4, -0.2) is 52.7 Å². The molecular formula is C18H20FN3O5S. The van der Waals surface area contributed by atoms with Gasteiger partial charge in [-0.1, -0.05) is 12.1 Å². The molecule has 0 bridgehead atoms. The normalized spacial score (nSPS) is 11.6. The zero-order valence-corrected chi connectivity index (χ0v) is 16.4. The Morgan fingerprint density at radius 2 is 1.96 bits per heavy atom. The average molecular weight is 409 g/mol. The van der Waals surface area contributed by atoms with Gasteiger partial charge in [0.15, 0.2) is 0 Å². The van der Waals surface area contributed by atoms with Crippen LogP contribution in [0, 0.1) is 5.82 Å². The van der Waals surface area contributed by atoms with E-state index in [2.05, 4.69) is 10.5 Å². The number of likely N-dealkylation sites (N-methyl/N-ethyl adjacent to an activating group) is 1. The molecule has 0 radical (unpaired) electrons. The van der Waals surface area contributed by atoms with Crippen molar-refractivity contribution in [2.45, 2.75) is 4.90 Å². The fourth-order valence-electron chi connectivity index (χ4n) is 2.24. The van der Waals surface area contributed by atoms with Gasteiger partial charge in [0.05, 0.1) is 27.0 Å². The summed E-state index contributed by atoms with van der Waals surface area (Å²) in [5, 5.41) is 3.69. The van der Waals surface area contributed by atoms with E-state index in [1.807, 2.05) is 0 Å². The van der Waals surface area contributed by atoms with E-state index in [9.17, 15) is 17.6 Å². The van der Waals surface area contributed by atoms with Crippen LogP contribution < -0.4 is 14.9 Å². The molecule has 0 spiro atoms. The Bertz CT molecular complexity index is 979. The molecule has 0 atom stereocenters. The number of amides is 1. The molecule has 0 fully saturated rings. The van der Waals surface area contributed by atoms with Crippen molar-refractivity contribution in [3.8, 4) is 11.5 Å². The summed E-state index contributed by atoms with van der Waals surface area (Å²) in [5.74, 6) is -0.650. The van der Waals surface area contributed by atoms with E-state index < -0.39 is 28.3 Å². The second-order valence-corrected chi connectivity index (χ2v) is 7.64. The van der Waals surface area contributed by atoms with Crippen LogP contribution >= 0.6 is 0 Å². The van der Waals surface area contributed by atoms with E-state index in [1.54, 1.807) is 12.1 Å². The molecule has 0 saturated carbocycles. The zero-order chi connectivity index (χ0) is 20.7. The van der Waals surface area contributed by atoms with Crippen LogP contribution in [-0.2, 0) is 14.8 Å². The van der Waals surface area contributed by atoms with Gasteiger partial charge in [-0.3, -0.25) is 4.79 Å². The van der Waals surface area contributed by atoms with Gasteiger partial charge in [0.25, 0.3) is 5.91 Å². The second kappa shape index (κ2) is 9.29. The smallest absolute Gasteiger partial charge is 0.255 e. The number of hydrogen-bond donors (Lipinski definition) is 1. The number of nitrogens with one attached hydrogen (secondary N) is 1. The predicted octanol–water partition coefficient (Wildman–Crippen LogP) is 1.61. The Kier molecular flexibility index (Phi) is 7.07. The van der Waals surface area contributed by atoms with Crippen LogP contribution in [0.15, 0.2) is 52.5 Å². The van der Waals surface area contributed by atoms with Gasteiger partial charge >= 0.3 is 0 Å². The van der Waals surface area contributed by atoms with Gasteiger partial charge in [0.1, 0.15) is 22.2 Å². The van der Waals surface area contributed by atoms with Crippen molar-refractivity contribution in [3.63, 3.8) is 0 Å². The highest BCUT2D eigenvalue weighted by molar-refractivity contribution is 7.89. The molecule has 2 aromatic rings. The molecule has 0 aliphatic rings. The molecule has 1 N–H and O–H groups in total. The molecule has 2 aromatic carbocycles. The summed E-state index contributed by atoms with van der Waals surface area (Å²) >= 11 is 0. The number of hydrogen-bond acceptors (Lipinski definition) is 6. The van der Waals surface area contributed by atoms with Crippen molar-refractivity contribution >= 4 is 22.1 Å². The number of sulfonamides is 1. The van der Waals surface area contributed by atoms with Gasteiger partial charge in [-0.15, -0.1) is 0 Å².